The molecule has 0 fully saturated rings. The van der Waals surface area contributed by atoms with E-state index in [1.54, 1.807) is 0 Å². The molecule has 1 amide bonds. The number of rotatable bonds is 5. The molecule has 0 bridgehead atoms. The second-order valence-electron chi connectivity index (χ2n) is 5.96. The zero-order chi connectivity index (χ0) is 12.3. The third kappa shape index (κ3) is 5.17. The van der Waals surface area contributed by atoms with Crippen LogP contribution in [0.3, 0.4) is 0 Å². The van der Waals surface area contributed by atoms with Crippen molar-refractivity contribution < 1.29 is 4.79 Å². The molecular formula is C12H26N2O. The highest BCUT2D eigenvalue weighted by Gasteiger charge is 2.31. The van der Waals surface area contributed by atoms with Crippen LogP contribution in [0.1, 0.15) is 48.0 Å². The summed E-state index contributed by atoms with van der Waals surface area (Å²) >= 11 is 0. The van der Waals surface area contributed by atoms with Crippen molar-refractivity contribution in [1.82, 2.24) is 5.32 Å². The van der Waals surface area contributed by atoms with Crippen molar-refractivity contribution in [2.75, 3.05) is 6.54 Å². The smallest absolute Gasteiger partial charge is 0.234 e. The van der Waals surface area contributed by atoms with E-state index in [1.807, 2.05) is 13.8 Å². The van der Waals surface area contributed by atoms with Gasteiger partial charge in [0.15, 0.2) is 0 Å². The van der Waals surface area contributed by atoms with E-state index in [2.05, 4.69) is 33.0 Å². The largest absolute Gasteiger partial charge is 0.350 e. The lowest BCUT2D eigenvalue weighted by Crippen LogP contribution is -2.49. The van der Waals surface area contributed by atoms with Crippen molar-refractivity contribution >= 4 is 5.91 Å². The molecule has 3 heteroatoms. The van der Waals surface area contributed by atoms with E-state index in [-0.39, 0.29) is 23.4 Å². The fraction of sp³-hybridized carbons (Fsp3) is 0.917. The van der Waals surface area contributed by atoms with Crippen LogP contribution >= 0.6 is 0 Å². The average Bonchev–Trinajstić information content (AvgIpc) is 2.00. The van der Waals surface area contributed by atoms with Gasteiger partial charge in [0.2, 0.25) is 5.91 Å². The van der Waals surface area contributed by atoms with Gasteiger partial charge in [-0.05, 0) is 31.6 Å². The Hall–Kier alpha value is -0.570. The predicted octanol–water partition coefficient (Wildman–Crippen LogP) is 1.91. The molecule has 0 saturated carbocycles. The Labute approximate surface area is 93.8 Å². The highest BCUT2D eigenvalue weighted by atomic mass is 16.1. The second-order valence-corrected chi connectivity index (χ2v) is 5.96. The zero-order valence-corrected chi connectivity index (χ0v) is 11.0. The lowest BCUT2D eigenvalue weighted by atomic mass is 9.72. The van der Waals surface area contributed by atoms with Gasteiger partial charge in [0.1, 0.15) is 0 Å². The molecule has 0 aromatic rings. The molecule has 3 nitrogen and oxygen atoms in total. The summed E-state index contributed by atoms with van der Waals surface area (Å²) in [6.07, 6.45) is 0.948. The van der Waals surface area contributed by atoms with E-state index in [0.717, 1.165) is 6.42 Å². The lowest BCUT2D eigenvalue weighted by Gasteiger charge is -2.38. The molecule has 15 heavy (non-hydrogen) atoms. The van der Waals surface area contributed by atoms with E-state index >= 15 is 0 Å². The van der Waals surface area contributed by atoms with Gasteiger partial charge >= 0.3 is 0 Å². The molecule has 0 spiro atoms. The van der Waals surface area contributed by atoms with E-state index in [0.29, 0.717) is 5.92 Å². The van der Waals surface area contributed by atoms with Crippen molar-refractivity contribution in [2.45, 2.75) is 53.5 Å². The highest BCUT2D eigenvalue weighted by Crippen LogP contribution is 2.34. The maximum atomic E-state index is 11.2. The lowest BCUT2D eigenvalue weighted by molar-refractivity contribution is -0.121. The summed E-state index contributed by atoms with van der Waals surface area (Å²) in [6, 6.07) is 0. The van der Waals surface area contributed by atoms with Gasteiger partial charge in [-0.1, -0.05) is 27.7 Å². The van der Waals surface area contributed by atoms with Crippen molar-refractivity contribution in [3.63, 3.8) is 0 Å². The minimum atomic E-state index is -0.190. The number of hydrogen-bond donors (Lipinski definition) is 2. The van der Waals surface area contributed by atoms with Crippen LogP contribution in [0.4, 0.5) is 0 Å². The Kier molecular flexibility index (Phi) is 4.78. The first-order valence-corrected chi connectivity index (χ1v) is 5.62. The Morgan fingerprint density at radius 1 is 1.27 bits per heavy atom. The molecule has 0 aliphatic heterocycles. The number of nitrogens with one attached hydrogen (secondary N) is 1. The first-order valence-electron chi connectivity index (χ1n) is 5.62. The number of carbonyl (C=O) groups is 1. The summed E-state index contributed by atoms with van der Waals surface area (Å²) in [4.78, 5) is 11.2. The van der Waals surface area contributed by atoms with Crippen molar-refractivity contribution in [3.05, 3.63) is 0 Å². The molecule has 0 saturated heterocycles. The third-order valence-corrected chi connectivity index (χ3v) is 3.12. The number of amides is 1. The van der Waals surface area contributed by atoms with Crippen molar-refractivity contribution in [2.24, 2.45) is 17.1 Å². The maximum Gasteiger partial charge on any atom is 0.234 e. The average molecular weight is 214 g/mol. The summed E-state index contributed by atoms with van der Waals surface area (Å²) in [6.45, 7) is 13.0. The highest BCUT2D eigenvalue weighted by molar-refractivity contribution is 5.78. The van der Waals surface area contributed by atoms with Gasteiger partial charge in [0.25, 0.3) is 0 Å². The van der Waals surface area contributed by atoms with Crippen LogP contribution in [0.25, 0.3) is 0 Å². The Bertz CT molecular complexity index is 220. The van der Waals surface area contributed by atoms with Crippen molar-refractivity contribution in [3.8, 4) is 0 Å². The van der Waals surface area contributed by atoms with E-state index in [9.17, 15) is 4.79 Å². The number of hydrogen-bond acceptors (Lipinski definition) is 2. The minimum absolute atomic E-state index is 0.0610. The van der Waals surface area contributed by atoms with E-state index < -0.39 is 0 Å². The molecule has 0 aromatic heterocycles. The molecule has 0 heterocycles. The Morgan fingerprint density at radius 3 is 2.07 bits per heavy atom. The van der Waals surface area contributed by atoms with Gasteiger partial charge in [-0.2, -0.15) is 0 Å². The normalized spacial score (nSPS) is 13.1. The molecule has 0 atom stereocenters. The molecule has 0 aliphatic carbocycles. The first kappa shape index (κ1) is 14.4. The molecular weight excluding hydrogens is 188 g/mol. The Balaban J connectivity index is 4.43. The SMILES string of the molecule is CC(C)C(C)(C)CC(C)(C)NC(=O)CN. The van der Waals surface area contributed by atoms with Gasteiger partial charge in [-0.15, -0.1) is 0 Å². The van der Waals surface area contributed by atoms with Crippen molar-refractivity contribution in [1.29, 1.82) is 0 Å². The Morgan fingerprint density at radius 2 is 1.73 bits per heavy atom. The third-order valence-electron chi connectivity index (χ3n) is 3.12. The van der Waals surface area contributed by atoms with Gasteiger partial charge in [-0.3, -0.25) is 4.79 Å². The second kappa shape index (κ2) is 4.97. The molecule has 0 aliphatic rings. The fourth-order valence-electron chi connectivity index (χ4n) is 1.82. The van der Waals surface area contributed by atoms with Gasteiger partial charge < -0.3 is 11.1 Å². The summed E-state index contributed by atoms with van der Waals surface area (Å²) < 4.78 is 0. The van der Waals surface area contributed by atoms with Crippen LogP contribution in [0, 0.1) is 11.3 Å². The van der Waals surface area contributed by atoms with Gasteiger partial charge in [-0.25, -0.2) is 0 Å². The minimum Gasteiger partial charge on any atom is -0.350 e. The quantitative estimate of drug-likeness (QED) is 0.734. The standard InChI is InChI=1S/C12H26N2O/c1-9(2)11(3,4)8-12(5,6)14-10(15)7-13/h9H,7-8,13H2,1-6H3,(H,14,15). The molecule has 90 valence electrons. The molecule has 0 radical (unpaired) electrons. The van der Waals surface area contributed by atoms with E-state index in [4.69, 9.17) is 5.73 Å². The first-order chi connectivity index (χ1) is 6.60. The predicted molar refractivity (Wildman–Crippen MR) is 64.5 cm³/mol. The molecule has 0 rings (SSSR count). The summed E-state index contributed by atoms with van der Waals surface area (Å²) in [5, 5.41) is 2.95. The topological polar surface area (TPSA) is 55.1 Å². The number of carbonyl (C=O) groups excluding carboxylic acids is 1. The van der Waals surface area contributed by atoms with Crippen LogP contribution in [0.2, 0.25) is 0 Å². The maximum absolute atomic E-state index is 11.2. The van der Waals surface area contributed by atoms with Crippen LogP contribution < -0.4 is 11.1 Å². The van der Waals surface area contributed by atoms with Crippen LogP contribution in [0.15, 0.2) is 0 Å². The van der Waals surface area contributed by atoms with Crippen LogP contribution in [-0.4, -0.2) is 18.0 Å². The zero-order valence-electron chi connectivity index (χ0n) is 11.0. The molecule has 3 N–H and O–H groups in total. The summed E-state index contributed by atoms with van der Waals surface area (Å²) in [5.41, 5.74) is 5.31. The van der Waals surface area contributed by atoms with Crippen LogP contribution in [0.5, 0.6) is 0 Å². The van der Waals surface area contributed by atoms with Crippen LogP contribution in [-0.2, 0) is 4.79 Å². The number of nitrogens with two attached hydrogens (primary N) is 1. The molecule has 0 aromatic carbocycles. The molecule has 0 unspecified atom stereocenters. The summed E-state index contributed by atoms with van der Waals surface area (Å²) in [5.74, 6) is 0.506. The summed E-state index contributed by atoms with van der Waals surface area (Å²) in [7, 11) is 0. The van der Waals surface area contributed by atoms with Gasteiger partial charge in [0.05, 0.1) is 6.54 Å². The van der Waals surface area contributed by atoms with Gasteiger partial charge in [0, 0.05) is 5.54 Å². The monoisotopic (exact) mass is 214 g/mol. The van der Waals surface area contributed by atoms with E-state index in [1.165, 1.54) is 0 Å². The fourth-order valence-corrected chi connectivity index (χ4v) is 1.82.